The van der Waals surface area contributed by atoms with Crippen LogP contribution < -0.4 is 5.32 Å². The van der Waals surface area contributed by atoms with Crippen LogP contribution in [-0.4, -0.2) is 22.4 Å². The molecule has 0 aliphatic carbocycles. The quantitative estimate of drug-likeness (QED) is 0.485. The number of anilines is 1. The second-order valence-corrected chi connectivity index (χ2v) is 8.19. The van der Waals surface area contributed by atoms with Crippen LogP contribution in [0, 0.1) is 11.6 Å². The van der Waals surface area contributed by atoms with Gasteiger partial charge in [-0.25, -0.2) is 13.8 Å². The standard InChI is InChI=1S/C23H16ClF2N3OS/c24-15-5-3-4-14(10-15)21-12-23(29-20-7-2-1-6-19(20)27-21)31-13-22(30)28-18-9-8-16(25)11-17(18)26/h1-11H,12-13H2,(H,28,30). The molecule has 1 aliphatic heterocycles. The summed E-state index contributed by atoms with van der Waals surface area (Å²) in [4.78, 5) is 21.8. The number of halogens is 3. The first-order valence-electron chi connectivity index (χ1n) is 9.36. The molecule has 0 fully saturated rings. The molecule has 0 radical (unpaired) electrons. The molecule has 1 N–H and O–H groups in total. The van der Waals surface area contributed by atoms with Gasteiger partial charge in [0.15, 0.2) is 0 Å². The number of para-hydroxylation sites is 2. The van der Waals surface area contributed by atoms with E-state index in [1.807, 2.05) is 42.5 Å². The number of aliphatic imine (C=N–C) groups is 2. The van der Waals surface area contributed by atoms with Crippen LogP contribution in [0.4, 0.5) is 25.8 Å². The lowest BCUT2D eigenvalue weighted by Crippen LogP contribution is -2.17. The summed E-state index contributed by atoms with van der Waals surface area (Å²) >= 11 is 7.39. The molecule has 8 heteroatoms. The van der Waals surface area contributed by atoms with Crippen molar-refractivity contribution in [2.75, 3.05) is 11.1 Å². The van der Waals surface area contributed by atoms with Crippen LogP contribution in [0.5, 0.6) is 0 Å². The molecule has 156 valence electrons. The molecule has 3 aromatic carbocycles. The zero-order valence-corrected chi connectivity index (χ0v) is 17.7. The number of nitrogens with one attached hydrogen (secondary N) is 1. The molecule has 31 heavy (non-hydrogen) atoms. The third kappa shape index (κ3) is 5.37. The van der Waals surface area contributed by atoms with Gasteiger partial charge in [-0.15, -0.1) is 11.8 Å². The Morgan fingerprint density at radius 1 is 1.00 bits per heavy atom. The number of carbonyl (C=O) groups is 1. The summed E-state index contributed by atoms with van der Waals surface area (Å²) in [6.07, 6.45) is 0.415. The number of hydrogen-bond acceptors (Lipinski definition) is 4. The van der Waals surface area contributed by atoms with E-state index in [2.05, 4.69) is 10.3 Å². The summed E-state index contributed by atoms with van der Waals surface area (Å²) in [5.41, 5.74) is 3.01. The predicted octanol–water partition coefficient (Wildman–Crippen LogP) is 6.54. The number of nitrogens with zero attached hydrogens (tertiary/aromatic N) is 2. The highest BCUT2D eigenvalue weighted by molar-refractivity contribution is 8.14. The van der Waals surface area contributed by atoms with Gasteiger partial charge in [-0.1, -0.05) is 35.9 Å². The Hall–Kier alpha value is -3.03. The van der Waals surface area contributed by atoms with Crippen LogP contribution in [0.2, 0.25) is 5.02 Å². The number of rotatable bonds is 4. The topological polar surface area (TPSA) is 53.8 Å². The van der Waals surface area contributed by atoms with Crippen molar-refractivity contribution < 1.29 is 13.6 Å². The van der Waals surface area contributed by atoms with Gasteiger partial charge in [-0.05, 0) is 42.0 Å². The van der Waals surface area contributed by atoms with E-state index in [-0.39, 0.29) is 11.4 Å². The molecule has 0 atom stereocenters. The van der Waals surface area contributed by atoms with Crippen molar-refractivity contribution in [3.05, 3.63) is 89.0 Å². The number of benzene rings is 3. The minimum Gasteiger partial charge on any atom is -0.323 e. The third-order valence-corrected chi connectivity index (χ3v) is 5.64. The summed E-state index contributed by atoms with van der Waals surface area (Å²) in [7, 11) is 0. The Bertz CT molecular complexity index is 1210. The second kappa shape index (κ2) is 9.41. The second-order valence-electron chi connectivity index (χ2n) is 6.70. The summed E-state index contributed by atoms with van der Waals surface area (Å²) in [5.74, 6) is -1.93. The Balaban J connectivity index is 1.53. The average molecular weight is 456 g/mol. The molecule has 1 amide bonds. The highest BCUT2D eigenvalue weighted by Gasteiger charge is 2.17. The first kappa shape index (κ1) is 21.2. The molecule has 1 aliphatic rings. The van der Waals surface area contributed by atoms with E-state index in [1.54, 1.807) is 6.07 Å². The first-order valence-corrected chi connectivity index (χ1v) is 10.7. The fraction of sp³-hybridized carbons (Fsp3) is 0.0870. The van der Waals surface area contributed by atoms with Gasteiger partial charge >= 0.3 is 0 Å². The molecule has 0 bridgehead atoms. The largest absolute Gasteiger partial charge is 0.323 e. The average Bonchev–Trinajstić information content (AvgIpc) is 2.93. The predicted molar refractivity (Wildman–Crippen MR) is 123 cm³/mol. The van der Waals surface area contributed by atoms with Crippen LogP contribution in [0.3, 0.4) is 0 Å². The van der Waals surface area contributed by atoms with Gasteiger partial charge < -0.3 is 5.32 Å². The highest BCUT2D eigenvalue weighted by Crippen LogP contribution is 2.33. The van der Waals surface area contributed by atoms with Crippen LogP contribution in [0.15, 0.2) is 76.7 Å². The maximum absolute atomic E-state index is 13.8. The zero-order valence-electron chi connectivity index (χ0n) is 16.1. The third-order valence-electron chi connectivity index (χ3n) is 4.43. The van der Waals surface area contributed by atoms with Gasteiger partial charge in [0.2, 0.25) is 5.91 Å². The number of amides is 1. The number of carbonyl (C=O) groups excluding carboxylic acids is 1. The van der Waals surface area contributed by atoms with Crippen LogP contribution >= 0.6 is 23.4 Å². The van der Waals surface area contributed by atoms with Gasteiger partial charge in [0.1, 0.15) is 11.6 Å². The molecule has 0 spiro atoms. The summed E-state index contributed by atoms with van der Waals surface area (Å²) in [6.45, 7) is 0. The van der Waals surface area contributed by atoms with Gasteiger partial charge in [-0.2, -0.15) is 0 Å². The normalized spacial score (nSPS) is 13.0. The number of thioether (sulfide) groups is 1. The lowest BCUT2D eigenvalue weighted by atomic mass is 10.1. The van der Waals surface area contributed by atoms with Gasteiger partial charge in [-0.3, -0.25) is 9.79 Å². The van der Waals surface area contributed by atoms with Gasteiger partial charge in [0.05, 0.1) is 33.6 Å². The maximum Gasteiger partial charge on any atom is 0.234 e. The first-order chi connectivity index (χ1) is 15.0. The molecule has 0 aromatic heterocycles. The van der Waals surface area contributed by atoms with Crippen molar-refractivity contribution >= 4 is 57.1 Å². The van der Waals surface area contributed by atoms with Crippen molar-refractivity contribution in [2.24, 2.45) is 9.98 Å². The van der Waals surface area contributed by atoms with E-state index in [0.29, 0.717) is 22.2 Å². The Morgan fingerprint density at radius 3 is 2.52 bits per heavy atom. The fourth-order valence-electron chi connectivity index (χ4n) is 3.00. The van der Waals surface area contributed by atoms with E-state index >= 15 is 0 Å². The van der Waals surface area contributed by atoms with Crippen molar-refractivity contribution in [3.63, 3.8) is 0 Å². The molecular weight excluding hydrogens is 440 g/mol. The van der Waals surface area contributed by atoms with Crippen molar-refractivity contribution in [2.45, 2.75) is 6.42 Å². The summed E-state index contributed by atoms with van der Waals surface area (Å²) < 4.78 is 26.8. The molecule has 0 unspecified atom stereocenters. The minimum atomic E-state index is -0.825. The Labute approximate surface area is 187 Å². The van der Waals surface area contributed by atoms with Crippen molar-refractivity contribution in [1.29, 1.82) is 0 Å². The molecule has 4 rings (SSSR count). The van der Waals surface area contributed by atoms with Crippen LogP contribution in [0.25, 0.3) is 0 Å². The van der Waals surface area contributed by atoms with E-state index in [1.165, 1.54) is 17.8 Å². The number of fused-ring (bicyclic) bond motifs is 1. The molecule has 0 saturated carbocycles. The smallest absolute Gasteiger partial charge is 0.234 e. The van der Waals surface area contributed by atoms with Crippen LogP contribution in [-0.2, 0) is 4.79 Å². The van der Waals surface area contributed by atoms with E-state index in [0.717, 1.165) is 29.1 Å². The molecule has 3 aromatic rings. The van der Waals surface area contributed by atoms with E-state index in [4.69, 9.17) is 16.6 Å². The molecule has 0 saturated heterocycles. The lowest BCUT2D eigenvalue weighted by molar-refractivity contribution is -0.113. The van der Waals surface area contributed by atoms with Gasteiger partial charge in [0.25, 0.3) is 0 Å². The molecular formula is C23H16ClF2N3OS. The maximum atomic E-state index is 13.8. The monoisotopic (exact) mass is 455 g/mol. The van der Waals surface area contributed by atoms with E-state index in [9.17, 15) is 13.6 Å². The summed E-state index contributed by atoms with van der Waals surface area (Å²) in [6, 6.07) is 17.9. The van der Waals surface area contributed by atoms with Crippen molar-refractivity contribution in [1.82, 2.24) is 0 Å². The van der Waals surface area contributed by atoms with Crippen molar-refractivity contribution in [3.8, 4) is 0 Å². The summed E-state index contributed by atoms with van der Waals surface area (Å²) in [5, 5.41) is 3.75. The Kier molecular flexibility index (Phi) is 6.44. The SMILES string of the molecule is O=C(CSC1=Nc2ccccc2N=C(c2cccc(Cl)c2)C1)Nc1ccc(F)cc1F. The fourth-order valence-corrected chi connectivity index (χ4v) is 3.96. The zero-order chi connectivity index (χ0) is 21.8. The Morgan fingerprint density at radius 2 is 1.77 bits per heavy atom. The van der Waals surface area contributed by atoms with E-state index < -0.39 is 17.5 Å². The van der Waals surface area contributed by atoms with Gasteiger partial charge in [0, 0.05) is 17.5 Å². The van der Waals surface area contributed by atoms with Crippen LogP contribution in [0.1, 0.15) is 12.0 Å². The highest BCUT2D eigenvalue weighted by atomic mass is 35.5. The lowest BCUT2D eigenvalue weighted by Gasteiger charge is -2.09. The number of hydrogen-bond donors (Lipinski definition) is 1. The minimum absolute atomic E-state index is 0.0145. The molecule has 4 nitrogen and oxygen atoms in total. The molecule has 1 heterocycles.